The predicted octanol–water partition coefficient (Wildman–Crippen LogP) is 3.64. The molecule has 1 aromatic carbocycles. The number of nitrogens with zero attached hydrogens (tertiary/aromatic N) is 2. The lowest BCUT2D eigenvalue weighted by Gasteiger charge is -2.01. The Kier molecular flexibility index (Phi) is 3.34. The number of hydrogen-bond donors (Lipinski definition) is 0. The van der Waals surface area contributed by atoms with Gasteiger partial charge in [-0.3, -0.25) is 0 Å². The van der Waals surface area contributed by atoms with E-state index in [0.717, 1.165) is 15.7 Å². The molecule has 0 saturated carbocycles. The molecule has 2 rings (SSSR count). The summed E-state index contributed by atoms with van der Waals surface area (Å²) in [4.78, 5) is 8.48. The van der Waals surface area contributed by atoms with Gasteiger partial charge in [-0.2, -0.15) is 0 Å². The van der Waals surface area contributed by atoms with Gasteiger partial charge in [-0.25, -0.2) is 9.97 Å². The van der Waals surface area contributed by atoms with Gasteiger partial charge in [-0.1, -0.05) is 18.2 Å². The Balaban J connectivity index is 2.44. The first-order valence-electron chi connectivity index (χ1n) is 4.43. The highest BCUT2D eigenvalue weighted by Gasteiger charge is 2.02. The fourth-order valence-electron chi connectivity index (χ4n) is 1.27. The Bertz CT molecular complexity index is 474. The maximum atomic E-state index is 5.77. The van der Waals surface area contributed by atoms with Crippen LogP contribution >= 0.6 is 27.5 Å². The lowest BCUT2D eigenvalue weighted by molar-refractivity contribution is 1.15. The second-order valence-electron chi connectivity index (χ2n) is 3.04. The van der Waals surface area contributed by atoms with E-state index in [2.05, 4.69) is 25.9 Å². The summed E-state index contributed by atoms with van der Waals surface area (Å²) in [6, 6.07) is 9.70. The van der Waals surface area contributed by atoms with Gasteiger partial charge in [0.25, 0.3) is 0 Å². The van der Waals surface area contributed by atoms with Gasteiger partial charge in [-0.05, 0) is 33.6 Å². The first kappa shape index (κ1) is 10.6. The molecule has 4 heteroatoms. The predicted molar refractivity (Wildman–Crippen MR) is 64.7 cm³/mol. The molecule has 0 N–H and O–H groups in total. The van der Waals surface area contributed by atoms with Crippen molar-refractivity contribution in [3.8, 4) is 11.4 Å². The minimum absolute atomic E-state index is 0.502. The molecule has 0 unspecified atom stereocenters. The molecule has 1 aromatic heterocycles. The molecule has 0 aliphatic carbocycles. The van der Waals surface area contributed by atoms with Gasteiger partial charge in [0.05, 0.1) is 0 Å². The van der Waals surface area contributed by atoms with Crippen molar-refractivity contribution in [2.75, 3.05) is 0 Å². The van der Waals surface area contributed by atoms with E-state index < -0.39 is 0 Å². The van der Waals surface area contributed by atoms with Gasteiger partial charge in [0, 0.05) is 17.6 Å². The van der Waals surface area contributed by atoms with Crippen molar-refractivity contribution < 1.29 is 0 Å². The van der Waals surface area contributed by atoms with Gasteiger partial charge >= 0.3 is 0 Å². The number of halogens is 2. The van der Waals surface area contributed by atoms with Crippen molar-refractivity contribution in [3.63, 3.8) is 0 Å². The van der Waals surface area contributed by atoms with Gasteiger partial charge in [-0.15, -0.1) is 11.6 Å². The Morgan fingerprint density at radius 3 is 2.87 bits per heavy atom. The number of benzene rings is 1. The fourth-order valence-corrected chi connectivity index (χ4v) is 1.72. The molecule has 15 heavy (non-hydrogen) atoms. The third-order valence-electron chi connectivity index (χ3n) is 1.96. The first-order chi connectivity index (χ1) is 7.29. The summed E-state index contributed by atoms with van der Waals surface area (Å²) in [5, 5.41) is 0. The second kappa shape index (κ2) is 4.73. The zero-order valence-corrected chi connectivity index (χ0v) is 10.2. The highest BCUT2D eigenvalue weighted by atomic mass is 79.9. The van der Waals surface area contributed by atoms with E-state index in [1.807, 2.05) is 24.3 Å². The van der Waals surface area contributed by atoms with E-state index in [1.165, 1.54) is 0 Å². The molecule has 0 saturated heterocycles. The summed E-state index contributed by atoms with van der Waals surface area (Å²) in [6.45, 7) is 0. The van der Waals surface area contributed by atoms with E-state index in [9.17, 15) is 0 Å². The van der Waals surface area contributed by atoms with Crippen LogP contribution in [0.3, 0.4) is 0 Å². The van der Waals surface area contributed by atoms with Crippen molar-refractivity contribution in [1.82, 2.24) is 9.97 Å². The number of rotatable bonds is 2. The van der Waals surface area contributed by atoms with Crippen molar-refractivity contribution in [2.45, 2.75) is 5.88 Å². The van der Waals surface area contributed by atoms with Gasteiger partial charge in [0.15, 0.2) is 5.82 Å². The smallest absolute Gasteiger partial charge is 0.160 e. The van der Waals surface area contributed by atoms with E-state index in [0.29, 0.717) is 11.7 Å². The average Bonchev–Trinajstić information content (AvgIpc) is 2.29. The minimum atomic E-state index is 0.502. The molecule has 0 radical (unpaired) electrons. The average molecular weight is 284 g/mol. The number of hydrogen-bond acceptors (Lipinski definition) is 2. The summed E-state index contributed by atoms with van der Waals surface area (Å²) in [5.41, 5.74) is 2.05. The van der Waals surface area contributed by atoms with Crippen molar-refractivity contribution in [2.24, 2.45) is 0 Å². The van der Waals surface area contributed by atoms with E-state index in [-0.39, 0.29) is 0 Å². The van der Waals surface area contributed by atoms with Crippen LogP contribution in [-0.2, 0) is 5.88 Å². The van der Waals surface area contributed by atoms with Crippen LogP contribution < -0.4 is 0 Å². The van der Waals surface area contributed by atoms with Crippen LogP contribution in [0, 0.1) is 0 Å². The Morgan fingerprint density at radius 1 is 1.27 bits per heavy atom. The van der Waals surface area contributed by atoms with Gasteiger partial charge in [0.2, 0.25) is 0 Å². The van der Waals surface area contributed by atoms with Crippen LogP contribution in [0.4, 0.5) is 0 Å². The molecule has 0 aliphatic heterocycles. The maximum Gasteiger partial charge on any atom is 0.160 e. The van der Waals surface area contributed by atoms with Crippen LogP contribution in [-0.4, -0.2) is 9.97 Å². The third-order valence-corrected chi connectivity index (χ3v) is 2.71. The first-order valence-corrected chi connectivity index (χ1v) is 5.76. The highest BCUT2D eigenvalue weighted by molar-refractivity contribution is 9.10. The maximum absolute atomic E-state index is 5.77. The SMILES string of the molecule is ClCc1cccc(-c2nccc(Br)n2)c1. The molecular weight excluding hydrogens is 275 g/mol. The molecule has 0 bridgehead atoms. The highest BCUT2D eigenvalue weighted by Crippen LogP contribution is 2.18. The molecule has 0 fully saturated rings. The monoisotopic (exact) mass is 282 g/mol. The standard InChI is InChI=1S/C11H8BrClN2/c12-10-4-5-14-11(15-10)9-3-1-2-8(6-9)7-13/h1-6H,7H2. The Morgan fingerprint density at radius 2 is 2.13 bits per heavy atom. The summed E-state index contributed by atoms with van der Waals surface area (Å²) in [5.74, 6) is 1.21. The lowest BCUT2D eigenvalue weighted by atomic mass is 10.1. The molecule has 1 heterocycles. The molecule has 2 nitrogen and oxygen atoms in total. The topological polar surface area (TPSA) is 25.8 Å². The van der Waals surface area contributed by atoms with Crippen LogP contribution in [0.1, 0.15) is 5.56 Å². The van der Waals surface area contributed by atoms with Gasteiger partial charge in [0.1, 0.15) is 4.60 Å². The minimum Gasteiger partial charge on any atom is -0.237 e. The van der Waals surface area contributed by atoms with E-state index in [1.54, 1.807) is 12.3 Å². The van der Waals surface area contributed by atoms with Crippen LogP contribution in [0.2, 0.25) is 0 Å². The van der Waals surface area contributed by atoms with E-state index >= 15 is 0 Å². The van der Waals surface area contributed by atoms with Crippen molar-refractivity contribution in [1.29, 1.82) is 0 Å². The summed E-state index contributed by atoms with van der Waals surface area (Å²) < 4.78 is 0.781. The molecule has 0 atom stereocenters. The second-order valence-corrected chi connectivity index (χ2v) is 4.12. The summed E-state index contributed by atoms with van der Waals surface area (Å²) in [7, 11) is 0. The van der Waals surface area contributed by atoms with Crippen LogP contribution in [0.5, 0.6) is 0 Å². The third kappa shape index (κ3) is 2.55. The quantitative estimate of drug-likeness (QED) is 0.621. The molecule has 2 aromatic rings. The Hall–Kier alpha value is -0.930. The number of alkyl halides is 1. The number of aromatic nitrogens is 2. The van der Waals surface area contributed by atoms with Crippen LogP contribution in [0.15, 0.2) is 41.1 Å². The normalized spacial score (nSPS) is 10.3. The van der Waals surface area contributed by atoms with Gasteiger partial charge < -0.3 is 0 Å². The summed E-state index contributed by atoms with van der Waals surface area (Å²) >= 11 is 9.09. The zero-order chi connectivity index (χ0) is 10.7. The summed E-state index contributed by atoms with van der Waals surface area (Å²) in [6.07, 6.45) is 1.72. The fraction of sp³-hybridized carbons (Fsp3) is 0.0909. The molecule has 0 spiro atoms. The Labute approximate surface area is 101 Å². The molecule has 76 valence electrons. The largest absolute Gasteiger partial charge is 0.237 e. The lowest BCUT2D eigenvalue weighted by Crippen LogP contribution is -1.89. The zero-order valence-electron chi connectivity index (χ0n) is 7.82. The molecular formula is C11H8BrClN2. The molecule has 0 amide bonds. The van der Waals surface area contributed by atoms with Crippen molar-refractivity contribution in [3.05, 3.63) is 46.7 Å². The molecule has 0 aliphatic rings. The van der Waals surface area contributed by atoms with Crippen molar-refractivity contribution >= 4 is 27.5 Å². The van der Waals surface area contributed by atoms with E-state index in [4.69, 9.17) is 11.6 Å². The van der Waals surface area contributed by atoms with Crippen LogP contribution in [0.25, 0.3) is 11.4 Å².